The summed E-state index contributed by atoms with van der Waals surface area (Å²) in [5, 5.41) is 108. The van der Waals surface area contributed by atoms with Crippen molar-refractivity contribution in [2.45, 2.75) is 118 Å². The van der Waals surface area contributed by atoms with E-state index in [1.165, 1.54) is 6.92 Å². The lowest BCUT2D eigenvalue weighted by Gasteiger charge is -2.48. The van der Waals surface area contributed by atoms with Crippen LogP contribution in [0.4, 0.5) is 0 Å². The number of ether oxygens (including phenoxy) is 6. The molecular formula is C28H48N2O18. The normalized spacial score (nSPS) is 40.9. The molecule has 3 aliphatic rings. The van der Waals surface area contributed by atoms with Crippen molar-refractivity contribution in [2.24, 2.45) is 0 Å². The predicted molar refractivity (Wildman–Crippen MR) is 155 cm³/mol. The Morgan fingerprint density at radius 3 is 1.71 bits per heavy atom. The summed E-state index contributed by atoms with van der Waals surface area (Å²) in [6.45, 7) is 2.73. The van der Waals surface area contributed by atoms with Gasteiger partial charge in [-0.05, 0) is 25.8 Å². The number of hydrogen-bond donors (Lipinski definition) is 12. The van der Waals surface area contributed by atoms with Gasteiger partial charge in [-0.15, -0.1) is 0 Å². The minimum Gasteiger partial charge on any atom is -0.394 e. The van der Waals surface area contributed by atoms with Crippen LogP contribution in [0.5, 0.6) is 0 Å². The number of aliphatic hydroxyl groups excluding tert-OH is 10. The van der Waals surface area contributed by atoms with Gasteiger partial charge in [0, 0.05) is 13.2 Å². The van der Waals surface area contributed by atoms with Crippen molar-refractivity contribution < 1.29 is 89.1 Å². The number of aliphatic hydroxyl groups is 10. The van der Waals surface area contributed by atoms with Crippen molar-refractivity contribution in [1.29, 1.82) is 0 Å². The van der Waals surface area contributed by atoms with Crippen molar-refractivity contribution in [1.82, 2.24) is 10.6 Å². The monoisotopic (exact) mass is 700 g/mol. The van der Waals surface area contributed by atoms with Crippen LogP contribution in [0, 0.1) is 0 Å². The second kappa shape index (κ2) is 18.9. The summed E-state index contributed by atoms with van der Waals surface area (Å²) in [4.78, 5) is 23.3. The van der Waals surface area contributed by atoms with Crippen LogP contribution in [0.3, 0.4) is 0 Å². The van der Waals surface area contributed by atoms with Crippen LogP contribution in [-0.2, 0) is 38.0 Å². The minimum absolute atomic E-state index is 0.0153. The molecular weight excluding hydrogens is 652 g/mol. The molecule has 0 aromatic heterocycles. The van der Waals surface area contributed by atoms with Crippen LogP contribution in [0.1, 0.15) is 19.8 Å². The average Bonchev–Trinajstić information content (AvgIpc) is 3.08. The Labute approximate surface area is 275 Å². The van der Waals surface area contributed by atoms with Gasteiger partial charge in [0.15, 0.2) is 18.9 Å². The predicted octanol–water partition coefficient (Wildman–Crippen LogP) is -6.96. The fourth-order valence-electron chi connectivity index (χ4n) is 5.31. The molecule has 0 spiro atoms. The van der Waals surface area contributed by atoms with E-state index >= 15 is 0 Å². The van der Waals surface area contributed by atoms with Gasteiger partial charge in [-0.25, -0.2) is 0 Å². The van der Waals surface area contributed by atoms with Gasteiger partial charge < -0.3 is 90.1 Å². The second-order valence-electron chi connectivity index (χ2n) is 11.6. The SMILES string of the molecule is C=CC(=O)NC(C)C(=O)NCCCCO[C@@H]1O[C@H](CO)[C@@H](O[C@@H]2O[C@H](CO)[C@H](O[C@H]3O[C@H](CO)[C@H](O)[C@H](O)[C@H]3O)[C@H](O)[C@H]2O)[C@H](O)[C@H]1O. The molecule has 20 nitrogen and oxygen atoms in total. The molecule has 20 heteroatoms. The van der Waals surface area contributed by atoms with E-state index in [-0.39, 0.29) is 13.2 Å². The van der Waals surface area contributed by atoms with Crippen molar-refractivity contribution in [3.63, 3.8) is 0 Å². The largest absolute Gasteiger partial charge is 0.394 e. The molecule has 0 aromatic rings. The van der Waals surface area contributed by atoms with Gasteiger partial charge in [0.25, 0.3) is 0 Å². The third-order valence-corrected chi connectivity index (χ3v) is 8.16. The van der Waals surface area contributed by atoms with E-state index in [4.69, 9.17) is 28.4 Å². The van der Waals surface area contributed by atoms with E-state index in [0.717, 1.165) is 6.08 Å². The van der Waals surface area contributed by atoms with Crippen LogP contribution in [0.15, 0.2) is 12.7 Å². The van der Waals surface area contributed by atoms with Gasteiger partial charge in [-0.3, -0.25) is 9.59 Å². The highest BCUT2D eigenvalue weighted by Gasteiger charge is 2.53. The summed E-state index contributed by atoms with van der Waals surface area (Å²) in [6.07, 6.45) is -23.0. The van der Waals surface area contributed by atoms with Gasteiger partial charge in [0.05, 0.1) is 19.8 Å². The maximum atomic E-state index is 12.0. The number of unbranched alkanes of at least 4 members (excludes halogenated alkanes) is 1. The highest BCUT2D eigenvalue weighted by atomic mass is 16.8. The number of rotatable bonds is 16. The molecule has 1 unspecified atom stereocenters. The first-order valence-corrected chi connectivity index (χ1v) is 15.5. The van der Waals surface area contributed by atoms with Crippen LogP contribution in [0.25, 0.3) is 0 Å². The van der Waals surface area contributed by atoms with E-state index in [1.807, 2.05) is 0 Å². The van der Waals surface area contributed by atoms with Crippen LogP contribution < -0.4 is 10.6 Å². The fourth-order valence-corrected chi connectivity index (χ4v) is 5.31. The smallest absolute Gasteiger partial charge is 0.244 e. The average molecular weight is 701 g/mol. The standard InChI is InChI=1S/C28H48N2O18/c1-3-15(34)30-11(2)25(42)29-6-4-5-7-43-26-21(40)18(37)23(13(9-32)45-26)48-28-22(41)19(38)24(14(10-33)46-28)47-27-20(39)17(36)16(35)12(8-31)44-27/h3,11-14,16-24,26-28,31-33,35-41H,1,4-10H2,2H3,(H,29,42)(H,30,34)/t11?,12-,13-,14-,16+,17+,18-,19-,20-,21-,22-,23-,24+,26-,27-,28+/m1/s1. The summed E-state index contributed by atoms with van der Waals surface area (Å²) in [7, 11) is 0. The quantitative estimate of drug-likeness (QED) is 0.0526. The number of carbonyl (C=O) groups is 2. The first kappa shape index (κ1) is 40.5. The molecule has 278 valence electrons. The number of hydrogen-bond acceptors (Lipinski definition) is 18. The molecule has 3 rings (SSSR count). The number of nitrogens with one attached hydrogen (secondary N) is 2. The Balaban J connectivity index is 1.52. The minimum atomic E-state index is -1.94. The Morgan fingerprint density at radius 1 is 0.708 bits per heavy atom. The third-order valence-electron chi connectivity index (χ3n) is 8.16. The Bertz CT molecular complexity index is 1020. The van der Waals surface area contributed by atoms with Gasteiger partial charge >= 0.3 is 0 Å². The molecule has 12 N–H and O–H groups in total. The first-order valence-electron chi connectivity index (χ1n) is 15.5. The van der Waals surface area contributed by atoms with Gasteiger partial charge in [-0.2, -0.15) is 0 Å². The molecule has 3 fully saturated rings. The Kier molecular flexibility index (Phi) is 15.9. The summed E-state index contributed by atoms with van der Waals surface area (Å²) in [5.74, 6) is -0.894. The van der Waals surface area contributed by atoms with E-state index in [2.05, 4.69) is 17.2 Å². The first-order chi connectivity index (χ1) is 22.8. The van der Waals surface area contributed by atoms with E-state index in [9.17, 15) is 60.7 Å². The van der Waals surface area contributed by atoms with Crippen LogP contribution in [-0.4, -0.2) is 194 Å². The van der Waals surface area contributed by atoms with Crippen LogP contribution in [0.2, 0.25) is 0 Å². The Hall–Kier alpha value is -1.96. The molecule has 0 aliphatic carbocycles. The summed E-state index contributed by atoms with van der Waals surface area (Å²) in [6, 6.07) is -0.770. The molecule has 0 aromatic carbocycles. The van der Waals surface area contributed by atoms with Crippen molar-refractivity contribution in [3.8, 4) is 0 Å². The lowest BCUT2D eigenvalue weighted by atomic mass is 9.96. The zero-order valence-corrected chi connectivity index (χ0v) is 26.2. The fraction of sp³-hybridized carbons (Fsp3) is 0.857. The van der Waals surface area contributed by atoms with Crippen molar-refractivity contribution in [3.05, 3.63) is 12.7 Å². The molecule has 0 radical (unpaired) electrons. The molecule has 0 bridgehead atoms. The van der Waals surface area contributed by atoms with Gasteiger partial charge in [-0.1, -0.05) is 6.58 Å². The number of carbonyl (C=O) groups excluding carboxylic acids is 2. The lowest BCUT2D eigenvalue weighted by Crippen LogP contribution is -2.66. The second-order valence-corrected chi connectivity index (χ2v) is 11.6. The molecule has 3 aliphatic heterocycles. The zero-order valence-electron chi connectivity index (χ0n) is 26.2. The summed E-state index contributed by atoms with van der Waals surface area (Å²) < 4.78 is 33.0. The highest BCUT2D eigenvalue weighted by molar-refractivity contribution is 5.92. The maximum absolute atomic E-state index is 12.0. The molecule has 0 saturated carbocycles. The summed E-state index contributed by atoms with van der Waals surface area (Å²) in [5.41, 5.74) is 0. The highest BCUT2D eigenvalue weighted by Crippen LogP contribution is 2.32. The van der Waals surface area contributed by atoms with Gasteiger partial charge in [0.2, 0.25) is 11.8 Å². The van der Waals surface area contributed by atoms with Crippen molar-refractivity contribution in [2.75, 3.05) is 33.0 Å². The summed E-state index contributed by atoms with van der Waals surface area (Å²) >= 11 is 0. The zero-order chi connectivity index (χ0) is 35.7. The molecule has 48 heavy (non-hydrogen) atoms. The van der Waals surface area contributed by atoms with E-state index in [1.54, 1.807) is 0 Å². The molecule has 3 saturated heterocycles. The van der Waals surface area contributed by atoms with Crippen molar-refractivity contribution >= 4 is 11.8 Å². The topological polar surface area (TPSA) is 316 Å². The van der Waals surface area contributed by atoms with Crippen LogP contribution >= 0.6 is 0 Å². The Morgan fingerprint density at radius 2 is 1.19 bits per heavy atom. The third kappa shape index (κ3) is 9.84. The van der Waals surface area contributed by atoms with Gasteiger partial charge in [0.1, 0.15) is 79.3 Å². The van der Waals surface area contributed by atoms with E-state index < -0.39 is 130 Å². The lowest BCUT2D eigenvalue weighted by molar-refractivity contribution is -0.379. The molecule has 2 amide bonds. The van der Waals surface area contributed by atoms with E-state index in [0.29, 0.717) is 12.8 Å². The number of amides is 2. The molecule has 3 heterocycles. The molecule has 16 atom stereocenters. The maximum Gasteiger partial charge on any atom is 0.244 e.